The normalized spacial score (nSPS) is 12.6. The smallest absolute Gasteiger partial charge is 0.414 e. The summed E-state index contributed by atoms with van der Waals surface area (Å²) in [5.74, 6) is 0. The van der Waals surface area contributed by atoms with Crippen LogP contribution in [0.4, 0.5) is 10.5 Å². The average molecular weight is 288 g/mol. The van der Waals surface area contributed by atoms with E-state index in [9.17, 15) is 4.79 Å². The van der Waals surface area contributed by atoms with Gasteiger partial charge < -0.3 is 4.74 Å². The lowest BCUT2D eigenvalue weighted by Gasteiger charge is -2.24. The van der Waals surface area contributed by atoms with Crippen LogP contribution in [0.3, 0.4) is 0 Å². The molecule has 0 spiro atoms. The molecule has 0 aliphatic rings. The van der Waals surface area contributed by atoms with Crippen LogP contribution >= 0.6 is 0 Å². The highest BCUT2D eigenvalue weighted by Gasteiger charge is 2.20. The number of carbonyl (C=O) groups is 1. The van der Waals surface area contributed by atoms with Gasteiger partial charge in [-0.1, -0.05) is 18.2 Å². The van der Waals surface area contributed by atoms with Crippen LogP contribution in [0.15, 0.2) is 35.3 Å². The molecule has 0 atom stereocenters. The second-order valence-corrected chi connectivity index (χ2v) is 5.72. The molecule has 0 N–H and O–H groups in total. The first kappa shape index (κ1) is 17.0. The fraction of sp³-hybridized carbons (Fsp3) is 0.412. The van der Waals surface area contributed by atoms with Crippen LogP contribution in [0, 0.1) is 0 Å². The third-order valence-corrected chi connectivity index (χ3v) is 2.83. The number of amides is 1. The third kappa shape index (κ3) is 5.06. The van der Waals surface area contributed by atoms with Crippen molar-refractivity contribution >= 4 is 23.6 Å². The van der Waals surface area contributed by atoms with Crippen LogP contribution in [0.25, 0.3) is 5.57 Å². The van der Waals surface area contributed by atoms with Gasteiger partial charge >= 0.3 is 6.09 Å². The highest BCUT2D eigenvalue weighted by molar-refractivity contribution is 6.09. The van der Waals surface area contributed by atoms with Gasteiger partial charge in [0.2, 0.25) is 0 Å². The topological polar surface area (TPSA) is 41.9 Å². The number of benzene rings is 1. The molecule has 4 nitrogen and oxygen atoms in total. The van der Waals surface area contributed by atoms with E-state index in [4.69, 9.17) is 4.74 Å². The Labute approximate surface area is 127 Å². The summed E-state index contributed by atoms with van der Waals surface area (Å²) in [6.45, 7) is 7.52. The first-order valence-corrected chi connectivity index (χ1v) is 6.94. The molecule has 0 fully saturated rings. The molecule has 1 amide bonds. The van der Waals surface area contributed by atoms with E-state index in [1.807, 2.05) is 64.3 Å². The zero-order valence-corrected chi connectivity index (χ0v) is 13.7. The number of ether oxygens (including phenoxy) is 1. The Balaban J connectivity index is 2.89. The van der Waals surface area contributed by atoms with E-state index in [1.165, 1.54) is 4.90 Å². The minimum Gasteiger partial charge on any atom is -0.443 e. The van der Waals surface area contributed by atoms with Crippen LogP contribution in [0.2, 0.25) is 0 Å². The highest BCUT2D eigenvalue weighted by atomic mass is 16.6. The van der Waals surface area contributed by atoms with Crippen molar-refractivity contribution in [3.63, 3.8) is 0 Å². The van der Waals surface area contributed by atoms with Gasteiger partial charge in [0.05, 0.1) is 0 Å². The number of anilines is 1. The van der Waals surface area contributed by atoms with Gasteiger partial charge in [-0.3, -0.25) is 9.89 Å². The first-order valence-electron chi connectivity index (χ1n) is 6.94. The fourth-order valence-corrected chi connectivity index (χ4v) is 1.77. The molecule has 0 aliphatic heterocycles. The number of hydrogen-bond donors (Lipinski definition) is 0. The number of nitrogens with zero attached hydrogens (tertiary/aromatic N) is 2. The van der Waals surface area contributed by atoms with Crippen LogP contribution in [-0.2, 0) is 4.74 Å². The SMILES string of the molecule is C/C=C(\C=NC)c1ccc(N(C)C(=O)OC(C)(C)C)cc1. The summed E-state index contributed by atoms with van der Waals surface area (Å²) in [6.07, 6.45) is 3.45. The lowest BCUT2D eigenvalue weighted by molar-refractivity contribution is 0.0589. The maximum atomic E-state index is 12.0. The predicted molar refractivity (Wildman–Crippen MR) is 89.1 cm³/mol. The van der Waals surface area contributed by atoms with Crippen LogP contribution in [-0.4, -0.2) is 32.0 Å². The number of allylic oxidation sites excluding steroid dienone is 2. The molecule has 0 radical (unpaired) electrons. The van der Waals surface area contributed by atoms with Crippen LogP contribution in [0.5, 0.6) is 0 Å². The lowest BCUT2D eigenvalue weighted by Crippen LogP contribution is -2.34. The van der Waals surface area contributed by atoms with E-state index < -0.39 is 5.60 Å². The quantitative estimate of drug-likeness (QED) is 0.784. The monoisotopic (exact) mass is 288 g/mol. The molecule has 0 bridgehead atoms. The maximum Gasteiger partial charge on any atom is 0.414 e. The largest absolute Gasteiger partial charge is 0.443 e. The highest BCUT2D eigenvalue weighted by Crippen LogP contribution is 2.20. The molecule has 0 aliphatic carbocycles. The Morgan fingerprint density at radius 1 is 1.24 bits per heavy atom. The molecule has 0 saturated carbocycles. The number of aliphatic imine (C=N–C) groups is 1. The Bertz CT molecular complexity index is 537. The molecule has 1 aromatic rings. The Kier molecular flexibility index (Phi) is 5.70. The summed E-state index contributed by atoms with van der Waals surface area (Å²) in [4.78, 5) is 17.5. The van der Waals surface area contributed by atoms with Gasteiger partial charge in [0.25, 0.3) is 0 Å². The van der Waals surface area contributed by atoms with E-state index >= 15 is 0 Å². The number of rotatable bonds is 3. The van der Waals surface area contributed by atoms with Gasteiger partial charge in [-0.05, 0) is 51.0 Å². The number of carbonyl (C=O) groups excluding carboxylic acids is 1. The molecule has 0 aromatic heterocycles. The van der Waals surface area contributed by atoms with E-state index in [2.05, 4.69) is 4.99 Å². The molecular formula is C17H24N2O2. The third-order valence-electron chi connectivity index (χ3n) is 2.83. The second kappa shape index (κ2) is 7.07. The molecular weight excluding hydrogens is 264 g/mol. The van der Waals surface area contributed by atoms with Crippen molar-refractivity contribution < 1.29 is 9.53 Å². The lowest BCUT2D eigenvalue weighted by atomic mass is 10.1. The fourth-order valence-electron chi connectivity index (χ4n) is 1.77. The Morgan fingerprint density at radius 2 is 1.81 bits per heavy atom. The van der Waals surface area contributed by atoms with E-state index in [-0.39, 0.29) is 6.09 Å². The molecule has 1 aromatic carbocycles. The summed E-state index contributed by atoms with van der Waals surface area (Å²) in [5, 5.41) is 0. The zero-order valence-electron chi connectivity index (χ0n) is 13.7. The summed E-state index contributed by atoms with van der Waals surface area (Å²) < 4.78 is 5.35. The molecule has 0 unspecified atom stereocenters. The van der Waals surface area contributed by atoms with Crippen LogP contribution in [0.1, 0.15) is 33.3 Å². The molecule has 0 heterocycles. The summed E-state index contributed by atoms with van der Waals surface area (Å²) in [6, 6.07) is 7.72. The van der Waals surface area contributed by atoms with Crippen molar-refractivity contribution in [1.29, 1.82) is 0 Å². The summed E-state index contributed by atoms with van der Waals surface area (Å²) >= 11 is 0. The minimum absolute atomic E-state index is 0.364. The Morgan fingerprint density at radius 3 is 2.24 bits per heavy atom. The minimum atomic E-state index is -0.499. The maximum absolute atomic E-state index is 12.0. The molecule has 4 heteroatoms. The van der Waals surface area contributed by atoms with E-state index in [0.717, 1.165) is 16.8 Å². The molecule has 21 heavy (non-hydrogen) atoms. The van der Waals surface area contributed by atoms with Gasteiger partial charge in [-0.25, -0.2) is 4.79 Å². The van der Waals surface area contributed by atoms with Crippen molar-refractivity contribution in [2.24, 2.45) is 4.99 Å². The standard InChI is InChI=1S/C17H24N2O2/c1-7-13(12-18-5)14-8-10-15(11-9-14)19(6)16(20)21-17(2,3)4/h7-12H,1-6H3/b13-7+,18-12?. The van der Waals surface area contributed by atoms with Gasteiger partial charge in [-0.15, -0.1) is 0 Å². The van der Waals surface area contributed by atoms with Crippen molar-refractivity contribution in [2.45, 2.75) is 33.3 Å². The summed E-state index contributed by atoms with van der Waals surface area (Å²) in [7, 11) is 3.45. The average Bonchev–Trinajstić information content (AvgIpc) is 2.42. The van der Waals surface area contributed by atoms with E-state index in [0.29, 0.717) is 0 Å². The second-order valence-electron chi connectivity index (χ2n) is 5.72. The zero-order chi connectivity index (χ0) is 16.0. The summed E-state index contributed by atoms with van der Waals surface area (Å²) in [5.41, 5.74) is 2.39. The van der Waals surface area contributed by atoms with Gasteiger partial charge in [0.15, 0.2) is 0 Å². The molecule has 114 valence electrons. The van der Waals surface area contributed by atoms with Gasteiger partial charge in [0, 0.05) is 26.0 Å². The number of hydrogen-bond acceptors (Lipinski definition) is 3. The van der Waals surface area contributed by atoms with E-state index in [1.54, 1.807) is 14.1 Å². The van der Waals surface area contributed by atoms with Crippen molar-refractivity contribution in [3.8, 4) is 0 Å². The molecule has 1 rings (SSSR count). The molecule has 0 saturated heterocycles. The first-order chi connectivity index (χ1) is 9.78. The van der Waals surface area contributed by atoms with Gasteiger partial charge in [0.1, 0.15) is 5.60 Å². The Hall–Kier alpha value is -2.10. The van der Waals surface area contributed by atoms with Gasteiger partial charge in [-0.2, -0.15) is 0 Å². The van der Waals surface area contributed by atoms with Crippen LogP contribution < -0.4 is 4.90 Å². The van der Waals surface area contributed by atoms with Crippen molar-refractivity contribution in [2.75, 3.05) is 19.0 Å². The van der Waals surface area contributed by atoms with Crippen molar-refractivity contribution in [1.82, 2.24) is 0 Å². The van der Waals surface area contributed by atoms with Crippen molar-refractivity contribution in [3.05, 3.63) is 35.9 Å². The predicted octanol–water partition coefficient (Wildman–Crippen LogP) is 4.16.